The standard InChI is InChI=1S/C11H13N3O3/c1-4-7-8-13(9-15)11(17)14(6-3)10(16)12-5-2/h2-3,9H,4,7-8H2,1H3,(H,12,16). The minimum atomic E-state index is -0.941. The Labute approximate surface area is 99.9 Å². The molecule has 6 heteroatoms. The fraction of sp³-hybridized carbons (Fsp3) is 0.364. The third-order valence-corrected chi connectivity index (χ3v) is 1.83. The molecule has 5 amide bonds. The molecule has 1 N–H and O–H groups in total. The quantitative estimate of drug-likeness (QED) is 0.439. The topological polar surface area (TPSA) is 69.7 Å². The number of carbonyl (C=O) groups excluding carboxylic acids is 3. The Morgan fingerprint density at radius 3 is 2.47 bits per heavy atom. The van der Waals surface area contributed by atoms with Crippen LogP contribution in [0.2, 0.25) is 0 Å². The highest BCUT2D eigenvalue weighted by Gasteiger charge is 2.24. The molecule has 0 saturated carbocycles. The van der Waals surface area contributed by atoms with E-state index in [-0.39, 0.29) is 6.54 Å². The van der Waals surface area contributed by atoms with Crippen LogP contribution in [0.1, 0.15) is 19.8 Å². The highest BCUT2D eigenvalue weighted by atomic mass is 16.2. The summed E-state index contributed by atoms with van der Waals surface area (Å²) in [6, 6.07) is 1.85. The van der Waals surface area contributed by atoms with E-state index in [4.69, 9.17) is 12.8 Å². The number of rotatable bonds is 4. The van der Waals surface area contributed by atoms with Gasteiger partial charge in [-0.1, -0.05) is 26.2 Å². The first-order valence-corrected chi connectivity index (χ1v) is 4.90. The van der Waals surface area contributed by atoms with Crippen LogP contribution in [0.5, 0.6) is 0 Å². The first-order chi connectivity index (χ1) is 8.12. The molecule has 0 bridgehead atoms. The number of hydrogen-bond acceptors (Lipinski definition) is 3. The molecule has 0 heterocycles. The van der Waals surface area contributed by atoms with Crippen molar-refractivity contribution in [2.75, 3.05) is 6.54 Å². The predicted molar refractivity (Wildman–Crippen MR) is 61.1 cm³/mol. The summed E-state index contributed by atoms with van der Waals surface area (Å²) in [6.45, 7) is 2.10. The average Bonchev–Trinajstić information content (AvgIpc) is 2.31. The number of hydrogen-bond donors (Lipinski definition) is 1. The molecular formula is C11H13N3O3. The minimum absolute atomic E-state index is 0.195. The maximum Gasteiger partial charge on any atom is 0.349 e. The first kappa shape index (κ1) is 14.5. The maximum absolute atomic E-state index is 11.7. The summed E-state index contributed by atoms with van der Waals surface area (Å²) in [7, 11) is 0. The van der Waals surface area contributed by atoms with Crippen LogP contribution in [-0.2, 0) is 4.79 Å². The summed E-state index contributed by atoms with van der Waals surface area (Å²) in [5.74, 6) is 0. The minimum Gasteiger partial charge on any atom is -0.278 e. The Morgan fingerprint density at radius 1 is 1.41 bits per heavy atom. The van der Waals surface area contributed by atoms with Gasteiger partial charge in [0.15, 0.2) is 0 Å². The van der Waals surface area contributed by atoms with Gasteiger partial charge in [-0.15, -0.1) is 0 Å². The van der Waals surface area contributed by atoms with Crippen molar-refractivity contribution in [2.45, 2.75) is 19.8 Å². The number of terminal acetylenes is 2. The number of unbranched alkanes of at least 4 members (excludes halogenated alkanes) is 1. The molecule has 0 aromatic heterocycles. The molecule has 0 spiro atoms. The van der Waals surface area contributed by atoms with Crippen LogP contribution in [0.15, 0.2) is 0 Å². The second-order valence-electron chi connectivity index (χ2n) is 2.97. The van der Waals surface area contributed by atoms with E-state index in [1.165, 1.54) is 0 Å². The molecule has 0 radical (unpaired) electrons. The van der Waals surface area contributed by atoms with Crippen molar-refractivity contribution >= 4 is 18.5 Å². The first-order valence-electron chi connectivity index (χ1n) is 4.90. The lowest BCUT2D eigenvalue weighted by Gasteiger charge is -2.20. The second kappa shape index (κ2) is 7.77. The molecule has 0 aromatic rings. The van der Waals surface area contributed by atoms with Crippen molar-refractivity contribution in [1.82, 2.24) is 15.1 Å². The van der Waals surface area contributed by atoms with Crippen molar-refractivity contribution in [3.05, 3.63) is 0 Å². The van der Waals surface area contributed by atoms with Gasteiger partial charge in [-0.25, -0.2) is 9.59 Å². The summed E-state index contributed by atoms with van der Waals surface area (Å²) in [5, 5.41) is 1.92. The molecule has 17 heavy (non-hydrogen) atoms. The van der Waals surface area contributed by atoms with Crippen molar-refractivity contribution < 1.29 is 14.4 Å². The Balaban J connectivity index is 4.73. The van der Waals surface area contributed by atoms with E-state index in [9.17, 15) is 14.4 Å². The van der Waals surface area contributed by atoms with Gasteiger partial charge in [0, 0.05) is 18.6 Å². The number of nitrogens with zero attached hydrogens (tertiary/aromatic N) is 2. The van der Waals surface area contributed by atoms with Crippen LogP contribution in [0.25, 0.3) is 0 Å². The summed E-state index contributed by atoms with van der Waals surface area (Å²) < 4.78 is 0. The number of nitrogens with one attached hydrogen (secondary N) is 1. The second-order valence-corrected chi connectivity index (χ2v) is 2.97. The van der Waals surface area contributed by atoms with E-state index in [1.54, 1.807) is 0 Å². The van der Waals surface area contributed by atoms with Gasteiger partial charge >= 0.3 is 12.1 Å². The Bertz CT molecular complexity index is 378. The van der Waals surface area contributed by atoms with Crippen LogP contribution in [-0.4, -0.2) is 34.8 Å². The van der Waals surface area contributed by atoms with Gasteiger partial charge in [0.2, 0.25) is 6.41 Å². The van der Waals surface area contributed by atoms with Crippen molar-refractivity contribution in [3.8, 4) is 24.9 Å². The van der Waals surface area contributed by atoms with E-state index in [2.05, 4.69) is 0 Å². The molecule has 0 aromatic carbocycles. The predicted octanol–water partition coefficient (Wildman–Crippen LogP) is 0.558. The third kappa shape index (κ3) is 4.27. The number of amides is 5. The normalized spacial score (nSPS) is 8.41. The maximum atomic E-state index is 11.7. The van der Waals surface area contributed by atoms with Crippen molar-refractivity contribution in [1.29, 1.82) is 0 Å². The highest BCUT2D eigenvalue weighted by molar-refractivity contribution is 5.99. The molecule has 0 atom stereocenters. The molecule has 90 valence electrons. The zero-order valence-electron chi connectivity index (χ0n) is 9.47. The number of imide groups is 2. The largest absolute Gasteiger partial charge is 0.349 e. The monoisotopic (exact) mass is 235 g/mol. The van der Waals surface area contributed by atoms with E-state index >= 15 is 0 Å². The van der Waals surface area contributed by atoms with Crippen molar-refractivity contribution in [2.24, 2.45) is 0 Å². The van der Waals surface area contributed by atoms with Gasteiger partial charge in [0.25, 0.3) is 0 Å². The average molecular weight is 235 g/mol. The summed E-state index contributed by atoms with van der Waals surface area (Å²) >= 11 is 0. The summed E-state index contributed by atoms with van der Waals surface area (Å²) in [5.41, 5.74) is 0. The van der Waals surface area contributed by atoms with Crippen LogP contribution in [0.4, 0.5) is 9.59 Å². The number of carbonyl (C=O) groups is 3. The van der Waals surface area contributed by atoms with E-state index in [1.807, 2.05) is 24.3 Å². The molecular weight excluding hydrogens is 222 g/mol. The lowest BCUT2D eigenvalue weighted by molar-refractivity contribution is -0.115. The SMILES string of the molecule is C#CNC(=O)N(C#C)C(=O)N(C=O)CCCC. The van der Waals surface area contributed by atoms with Crippen LogP contribution >= 0.6 is 0 Å². The van der Waals surface area contributed by atoms with Crippen LogP contribution in [0, 0.1) is 24.9 Å². The zero-order chi connectivity index (χ0) is 13.3. The Morgan fingerprint density at radius 2 is 2.06 bits per heavy atom. The number of urea groups is 2. The molecule has 6 nitrogen and oxygen atoms in total. The van der Waals surface area contributed by atoms with E-state index < -0.39 is 12.1 Å². The summed E-state index contributed by atoms with van der Waals surface area (Å²) in [4.78, 5) is 34.9. The van der Waals surface area contributed by atoms with Gasteiger partial charge in [0.1, 0.15) is 0 Å². The van der Waals surface area contributed by atoms with Gasteiger partial charge < -0.3 is 0 Å². The van der Waals surface area contributed by atoms with Crippen LogP contribution in [0.3, 0.4) is 0 Å². The lowest BCUT2D eigenvalue weighted by Crippen LogP contribution is -2.46. The van der Waals surface area contributed by atoms with E-state index in [0.717, 1.165) is 11.3 Å². The van der Waals surface area contributed by atoms with Crippen molar-refractivity contribution in [3.63, 3.8) is 0 Å². The smallest absolute Gasteiger partial charge is 0.278 e. The zero-order valence-corrected chi connectivity index (χ0v) is 9.47. The fourth-order valence-electron chi connectivity index (χ4n) is 0.969. The lowest BCUT2D eigenvalue weighted by atomic mass is 10.3. The van der Waals surface area contributed by atoms with Gasteiger partial charge in [-0.3, -0.25) is 15.0 Å². The third-order valence-electron chi connectivity index (χ3n) is 1.83. The van der Waals surface area contributed by atoms with E-state index in [0.29, 0.717) is 17.7 Å². The molecule has 0 aliphatic heterocycles. The molecule has 0 rings (SSSR count). The van der Waals surface area contributed by atoms with Gasteiger partial charge in [-0.05, 0) is 6.42 Å². The van der Waals surface area contributed by atoms with Crippen LogP contribution < -0.4 is 5.32 Å². The fourth-order valence-corrected chi connectivity index (χ4v) is 0.969. The molecule has 0 unspecified atom stereocenters. The van der Waals surface area contributed by atoms with Gasteiger partial charge in [0.05, 0.1) is 0 Å². The molecule has 0 aliphatic rings. The molecule has 0 saturated heterocycles. The Kier molecular flexibility index (Phi) is 6.64. The highest BCUT2D eigenvalue weighted by Crippen LogP contribution is 1.99. The molecule has 0 fully saturated rings. The Hall–Kier alpha value is -2.47. The summed E-state index contributed by atoms with van der Waals surface area (Å²) in [6.07, 6.45) is 11.6. The van der Waals surface area contributed by atoms with Gasteiger partial charge in [-0.2, -0.15) is 4.90 Å². The molecule has 0 aliphatic carbocycles.